The van der Waals surface area contributed by atoms with Crippen LogP contribution in [0.1, 0.15) is 105 Å². The summed E-state index contributed by atoms with van der Waals surface area (Å²) in [4.78, 5) is 0. The Morgan fingerprint density at radius 2 is 1.48 bits per heavy atom. The minimum Gasteiger partial charge on any atom is -0.393 e. The summed E-state index contributed by atoms with van der Waals surface area (Å²) in [7, 11) is 0. The number of rotatable bonds is 9. The summed E-state index contributed by atoms with van der Waals surface area (Å²) in [6.45, 7) is 7.44. The lowest BCUT2D eigenvalue weighted by Gasteiger charge is -2.49. The molecule has 0 aromatic rings. The molecular formula is C32H48F6O4. The van der Waals surface area contributed by atoms with Gasteiger partial charge in [0.15, 0.2) is 0 Å². The Labute approximate surface area is 245 Å². The molecule has 3 aliphatic rings. The van der Waals surface area contributed by atoms with Gasteiger partial charge >= 0.3 is 12.4 Å². The zero-order valence-electron chi connectivity index (χ0n) is 25.2. The van der Waals surface area contributed by atoms with E-state index >= 15 is 0 Å². The average Bonchev–Trinajstić information content (AvgIpc) is 3.18. The predicted octanol–water partition coefficient (Wildman–Crippen LogP) is 7.71. The van der Waals surface area contributed by atoms with Crippen LogP contribution in [-0.2, 0) is 0 Å². The molecule has 0 aromatic carbocycles. The summed E-state index contributed by atoms with van der Waals surface area (Å²) in [5.41, 5.74) is -4.53. The highest BCUT2D eigenvalue weighted by atomic mass is 19.4. The Bertz CT molecular complexity index is 997. The molecule has 242 valence electrons. The van der Waals surface area contributed by atoms with E-state index in [1.807, 2.05) is 13.0 Å². The van der Waals surface area contributed by atoms with Crippen LogP contribution in [0.15, 0.2) is 35.5 Å². The van der Waals surface area contributed by atoms with Crippen LogP contribution in [0.3, 0.4) is 0 Å². The summed E-state index contributed by atoms with van der Waals surface area (Å²) in [5.74, 6) is 0.201. The van der Waals surface area contributed by atoms with Crippen molar-refractivity contribution in [2.75, 3.05) is 0 Å². The molecule has 4 nitrogen and oxygen atoms in total. The van der Waals surface area contributed by atoms with Crippen LogP contribution in [0.2, 0.25) is 0 Å². The van der Waals surface area contributed by atoms with Crippen molar-refractivity contribution in [1.29, 1.82) is 0 Å². The molecule has 3 rings (SSSR count). The first-order valence-corrected chi connectivity index (χ1v) is 15.1. The normalized spacial score (nSPS) is 33.4. The maximum absolute atomic E-state index is 13.3. The van der Waals surface area contributed by atoms with Gasteiger partial charge in [-0.15, -0.1) is 0 Å². The molecule has 3 fully saturated rings. The van der Waals surface area contributed by atoms with E-state index in [1.54, 1.807) is 13.8 Å². The van der Waals surface area contributed by atoms with Crippen LogP contribution >= 0.6 is 0 Å². The van der Waals surface area contributed by atoms with Gasteiger partial charge in [-0.25, -0.2) is 0 Å². The first-order valence-electron chi connectivity index (χ1n) is 15.1. The van der Waals surface area contributed by atoms with E-state index in [0.717, 1.165) is 43.8 Å². The maximum atomic E-state index is 13.3. The Hall–Kier alpha value is -1.36. The van der Waals surface area contributed by atoms with Gasteiger partial charge in [-0.05, 0) is 113 Å². The highest BCUT2D eigenvalue weighted by molar-refractivity contribution is 5.27. The van der Waals surface area contributed by atoms with Crippen molar-refractivity contribution in [2.45, 2.75) is 141 Å². The third kappa shape index (κ3) is 7.83. The molecule has 3 saturated carbocycles. The molecule has 0 heterocycles. The maximum Gasteiger partial charge on any atom is 0.429 e. The third-order valence-electron chi connectivity index (χ3n) is 10.2. The Kier molecular flexibility index (Phi) is 10.5. The lowest BCUT2D eigenvalue weighted by atomic mass is 9.55. The minimum absolute atomic E-state index is 0.000925. The fourth-order valence-electron chi connectivity index (χ4n) is 8.11. The minimum atomic E-state index is -5.91. The first kappa shape index (κ1) is 35.1. The molecular weight excluding hydrogens is 562 g/mol. The van der Waals surface area contributed by atoms with Gasteiger partial charge in [-0.2, -0.15) is 26.3 Å². The van der Waals surface area contributed by atoms with Gasteiger partial charge < -0.3 is 20.4 Å². The van der Waals surface area contributed by atoms with E-state index in [2.05, 4.69) is 13.0 Å². The van der Waals surface area contributed by atoms with Crippen molar-refractivity contribution in [3.8, 4) is 0 Å². The van der Waals surface area contributed by atoms with Gasteiger partial charge in [-0.1, -0.05) is 49.6 Å². The standard InChI is InChI=1S/C32H48F6O4/c1-27(2,41)13-6-14-28(3,15-7-17-30(42,31(33,34)35)32(36,37)38)26-12-11-25-22(8-5-16-29(25,26)4)10-9-21-18-23(39)20-24(40)19-21/h7,9-10,17,23-26,39-42H,5-6,8,11-16,18-20H2,1-4H3/b17-7+,21-9-,22-10+/t23-,24?,25+,26-,28+,29+/m1/s1. The summed E-state index contributed by atoms with van der Waals surface area (Å²) in [5, 5.41) is 40.1. The number of hydrogen-bond donors (Lipinski definition) is 4. The molecule has 1 unspecified atom stereocenters. The second kappa shape index (κ2) is 12.6. The molecule has 42 heavy (non-hydrogen) atoms. The third-order valence-corrected chi connectivity index (χ3v) is 10.2. The number of allylic oxidation sites excluding steroid dienone is 4. The monoisotopic (exact) mass is 610 g/mol. The number of alkyl halides is 6. The predicted molar refractivity (Wildman–Crippen MR) is 149 cm³/mol. The number of hydrogen-bond acceptors (Lipinski definition) is 4. The van der Waals surface area contributed by atoms with Crippen molar-refractivity contribution < 1.29 is 46.8 Å². The molecule has 4 N–H and O–H groups in total. The Morgan fingerprint density at radius 3 is 2.02 bits per heavy atom. The largest absolute Gasteiger partial charge is 0.429 e. The highest BCUT2D eigenvalue weighted by Crippen LogP contribution is 2.64. The lowest BCUT2D eigenvalue weighted by molar-refractivity contribution is -0.347. The molecule has 0 amide bonds. The van der Waals surface area contributed by atoms with Crippen LogP contribution in [0.4, 0.5) is 26.3 Å². The molecule has 0 saturated heterocycles. The summed E-state index contributed by atoms with van der Waals surface area (Å²) < 4.78 is 80.1. The molecule has 0 bridgehead atoms. The van der Waals surface area contributed by atoms with Gasteiger partial charge in [0.25, 0.3) is 5.60 Å². The molecule has 6 atom stereocenters. The van der Waals surface area contributed by atoms with Crippen LogP contribution in [0.25, 0.3) is 0 Å². The van der Waals surface area contributed by atoms with Gasteiger partial charge in [0.2, 0.25) is 0 Å². The number of aliphatic hydroxyl groups is 4. The van der Waals surface area contributed by atoms with Crippen molar-refractivity contribution >= 4 is 0 Å². The highest BCUT2D eigenvalue weighted by Gasteiger charge is 2.69. The van der Waals surface area contributed by atoms with Crippen molar-refractivity contribution in [3.63, 3.8) is 0 Å². The van der Waals surface area contributed by atoms with E-state index in [0.29, 0.717) is 38.5 Å². The summed E-state index contributed by atoms with van der Waals surface area (Å²) in [6, 6.07) is 0. The van der Waals surface area contributed by atoms with E-state index in [4.69, 9.17) is 0 Å². The van der Waals surface area contributed by atoms with E-state index < -0.39 is 41.2 Å². The number of aliphatic hydroxyl groups excluding tert-OH is 2. The van der Waals surface area contributed by atoms with Crippen molar-refractivity contribution in [3.05, 3.63) is 35.5 Å². The molecule has 0 radical (unpaired) electrons. The van der Waals surface area contributed by atoms with Crippen LogP contribution in [0, 0.1) is 22.7 Å². The van der Waals surface area contributed by atoms with Crippen LogP contribution < -0.4 is 0 Å². The van der Waals surface area contributed by atoms with Gasteiger partial charge in [0, 0.05) is 0 Å². The van der Waals surface area contributed by atoms with Gasteiger partial charge in [0.05, 0.1) is 17.8 Å². The second-order valence-corrected chi connectivity index (χ2v) is 14.2. The fourth-order valence-corrected chi connectivity index (χ4v) is 8.11. The number of halogens is 6. The van der Waals surface area contributed by atoms with Gasteiger partial charge in [0.1, 0.15) is 0 Å². The molecule has 0 aromatic heterocycles. The van der Waals surface area contributed by atoms with Gasteiger partial charge in [-0.3, -0.25) is 0 Å². The quantitative estimate of drug-likeness (QED) is 0.159. The molecule has 10 heteroatoms. The molecule has 0 spiro atoms. The average molecular weight is 611 g/mol. The van der Waals surface area contributed by atoms with Crippen molar-refractivity contribution in [2.24, 2.45) is 22.7 Å². The first-order chi connectivity index (χ1) is 19.1. The van der Waals surface area contributed by atoms with Crippen LogP contribution in [0.5, 0.6) is 0 Å². The smallest absolute Gasteiger partial charge is 0.393 e. The zero-order valence-corrected chi connectivity index (χ0v) is 25.2. The van der Waals surface area contributed by atoms with E-state index in [9.17, 15) is 46.8 Å². The van der Waals surface area contributed by atoms with Crippen LogP contribution in [-0.4, -0.2) is 56.2 Å². The van der Waals surface area contributed by atoms with Crippen molar-refractivity contribution in [1.82, 2.24) is 0 Å². The fraction of sp³-hybridized carbons (Fsp3) is 0.812. The molecule has 3 aliphatic carbocycles. The topological polar surface area (TPSA) is 80.9 Å². The Morgan fingerprint density at radius 1 is 0.881 bits per heavy atom. The summed E-state index contributed by atoms with van der Waals surface area (Å²) in [6.07, 6.45) is -1.06. The lowest BCUT2D eigenvalue weighted by Crippen LogP contribution is -2.55. The second-order valence-electron chi connectivity index (χ2n) is 14.2. The zero-order chi connectivity index (χ0) is 31.8. The Balaban J connectivity index is 1.91. The number of fused-ring (bicyclic) bond motifs is 1. The van der Waals surface area contributed by atoms with E-state index in [-0.39, 0.29) is 29.7 Å². The molecule has 0 aliphatic heterocycles. The summed E-state index contributed by atoms with van der Waals surface area (Å²) >= 11 is 0. The van der Waals surface area contributed by atoms with E-state index in [1.165, 1.54) is 5.57 Å². The SMILES string of the molecule is CC(C)(O)CCC[C@@](C)(C/C=C/C(O)(C(F)(F)F)C(F)(F)F)[C@H]1CC[C@H]2/C(=C/C=C3\CC(O)C[C@H](O)C3)CCC[C@]12C.